The van der Waals surface area contributed by atoms with Gasteiger partial charge in [0.15, 0.2) is 0 Å². The Morgan fingerprint density at radius 1 is 1.57 bits per heavy atom. The standard InChI is InChI=1S/C9H7ClN2OS/c1-14-8-3-7-6(11-4-12-7)2-5(8)9(10)13/h2-4H,1H3,(H,11,12). The van der Waals surface area contributed by atoms with E-state index in [2.05, 4.69) is 9.97 Å². The molecule has 1 heterocycles. The first-order chi connectivity index (χ1) is 6.72. The number of benzene rings is 1. The second kappa shape index (κ2) is 3.63. The van der Waals surface area contributed by atoms with Gasteiger partial charge in [0.1, 0.15) is 0 Å². The lowest BCUT2D eigenvalue weighted by atomic mass is 10.2. The van der Waals surface area contributed by atoms with Crippen molar-refractivity contribution in [1.29, 1.82) is 0 Å². The molecule has 5 heteroatoms. The van der Waals surface area contributed by atoms with Gasteiger partial charge < -0.3 is 4.98 Å². The second-order valence-corrected chi connectivity index (χ2v) is 3.94. The summed E-state index contributed by atoms with van der Waals surface area (Å²) in [6.07, 6.45) is 3.49. The molecule has 0 atom stereocenters. The van der Waals surface area contributed by atoms with Crippen LogP contribution in [0.2, 0.25) is 0 Å². The fourth-order valence-electron chi connectivity index (χ4n) is 1.29. The number of aromatic amines is 1. The number of H-pyrrole nitrogens is 1. The van der Waals surface area contributed by atoms with E-state index in [1.807, 2.05) is 12.3 Å². The predicted molar refractivity (Wildman–Crippen MR) is 58.1 cm³/mol. The molecule has 72 valence electrons. The van der Waals surface area contributed by atoms with Crippen LogP contribution in [0.5, 0.6) is 0 Å². The van der Waals surface area contributed by atoms with Crippen LogP contribution < -0.4 is 0 Å². The first-order valence-electron chi connectivity index (χ1n) is 3.93. The minimum atomic E-state index is -0.439. The van der Waals surface area contributed by atoms with Gasteiger partial charge >= 0.3 is 0 Å². The van der Waals surface area contributed by atoms with Crippen LogP contribution in [0.4, 0.5) is 0 Å². The molecule has 0 aliphatic carbocycles. The zero-order chi connectivity index (χ0) is 10.1. The van der Waals surface area contributed by atoms with E-state index < -0.39 is 5.24 Å². The molecular weight excluding hydrogens is 220 g/mol. The minimum absolute atomic E-state index is 0.439. The Morgan fingerprint density at radius 2 is 2.36 bits per heavy atom. The molecule has 14 heavy (non-hydrogen) atoms. The Balaban J connectivity index is 2.72. The molecule has 0 amide bonds. The Hall–Kier alpha value is -1.00. The number of halogens is 1. The second-order valence-electron chi connectivity index (χ2n) is 2.75. The van der Waals surface area contributed by atoms with Crippen molar-refractivity contribution in [3.05, 3.63) is 24.0 Å². The van der Waals surface area contributed by atoms with E-state index >= 15 is 0 Å². The number of aromatic nitrogens is 2. The monoisotopic (exact) mass is 226 g/mol. The van der Waals surface area contributed by atoms with Crippen LogP contribution in [0.3, 0.4) is 0 Å². The number of hydrogen-bond donors (Lipinski definition) is 1. The summed E-state index contributed by atoms with van der Waals surface area (Å²) in [5, 5.41) is -0.439. The van der Waals surface area contributed by atoms with Crippen molar-refractivity contribution in [3.8, 4) is 0 Å². The van der Waals surface area contributed by atoms with Crippen LogP contribution in [-0.4, -0.2) is 21.5 Å². The number of rotatable bonds is 2. The van der Waals surface area contributed by atoms with Crippen LogP contribution in [-0.2, 0) is 0 Å². The quantitative estimate of drug-likeness (QED) is 0.633. The summed E-state index contributed by atoms with van der Waals surface area (Å²) in [4.78, 5) is 19.0. The van der Waals surface area contributed by atoms with Gasteiger partial charge in [-0.15, -0.1) is 11.8 Å². The molecule has 0 bridgehead atoms. The summed E-state index contributed by atoms with van der Waals surface area (Å²) in [7, 11) is 0. The third-order valence-corrected chi connectivity index (χ3v) is 2.93. The molecule has 0 saturated carbocycles. The molecule has 2 aromatic rings. The molecule has 0 fully saturated rings. The topological polar surface area (TPSA) is 45.8 Å². The molecule has 0 spiro atoms. The van der Waals surface area contributed by atoms with Gasteiger partial charge in [0.05, 0.1) is 17.4 Å². The Bertz CT molecular complexity index is 495. The SMILES string of the molecule is CSc1cc2nc[nH]c2cc1C(=O)Cl. The van der Waals surface area contributed by atoms with Crippen LogP contribution in [0.15, 0.2) is 23.4 Å². The lowest BCUT2D eigenvalue weighted by molar-refractivity contribution is 0.107. The summed E-state index contributed by atoms with van der Waals surface area (Å²) in [5.74, 6) is 0. The molecule has 0 saturated heterocycles. The Kier molecular flexibility index (Phi) is 2.48. The predicted octanol–water partition coefficient (Wildman–Crippen LogP) is 2.66. The third-order valence-electron chi connectivity index (χ3n) is 1.95. The van der Waals surface area contributed by atoms with Crippen molar-refractivity contribution in [2.45, 2.75) is 4.90 Å². The number of thioether (sulfide) groups is 1. The number of imidazole rings is 1. The van der Waals surface area contributed by atoms with Crippen molar-refractivity contribution < 1.29 is 4.79 Å². The summed E-state index contributed by atoms with van der Waals surface area (Å²) < 4.78 is 0. The summed E-state index contributed by atoms with van der Waals surface area (Å²) >= 11 is 6.95. The molecule has 0 unspecified atom stereocenters. The van der Waals surface area contributed by atoms with E-state index in [0.29, 0.717) is 5.56 Å². The fourth-order valence-corrected chi connectivity index (χ4v) is 2.10. The van der Waals surface area contributed by atoms with Gasteiger partial charge in [-0.1, -0.05) is 0 Å². The third kappa shape index (κ3) is 1.51. The number of nitrogens with one attached hydrogen (secondary N) is 1. The molecule has 2 rings (SSSR count). The van der Waals surface area contributed by atoms with E-state index in [0.717, 1.165) is 15.9 Å². The maximum absolute atomic E-state index is 11.1. The van der Waals surface area contributed by atoms with Crippen molar-refractivity contribution in [1.82, 2.24) is 9.97 Å². The number of carbonyl (C=O) groups is 1. The first-order valence-corrected chi connectivity index (χ1v) is 5.53. The number of hydrogen-bond acceptors (Lipinski definition) is 3. The van der Waals surface area contributed by atoms with E-state index in [9.17, 15) is 4.79 Å². The van der Waals surface area contributed by atoms with Gasteiger partial charge in [0.25, 0.3) is 5.24 Å². The average molecular weight is 227 g/mol. The highest BCUT2D eigenvalue weighted by molar-refractivity contribution is 7.98. The summed E-state index contributed by atoms with van der Waals surface area (Å²) in [6, 6.07) is 3.58. The molecule has 1 aromatic heterocycles. The first kappa shape index (κ1) is 9.55. The zero-order valence-corrected chi connectivity index (χ0v) is 8.95. The van der Waals surface area contributed by atoms with Gasteiger partial charge in [-0.3, -0.25) is 4.79 Å². The smallest absolute Gasteiger partial charge is 0.253 e. The van der Waals surface area contributed by atoms with Crippen LogP contribution in [0.1, 0.15) is 10.4 Å². The molecule has 0 radical (unpaired) electrons. The normalized spacial score (nSPS) is 10.7. The van der Waals surface area contributed by atoms with Crippen molar-refractivity contribution in [3.63, 3.8) is 0 Å². The molecule has 1 aromatic carbocycles. The average Bonchev–Trinajstić information content (AvgIpc) is 2.62. The van der Waals surface area contributed by atoms with Crippen LogP contribution >= 0.6 is 23.4 Å². The maximum Gasteiger partial charge on any atom is 0.253 e. The van der Waals surface area contributed by atoms with Gasteiger partial charge in [-0.05, 0) is 30.0 Å². The number of fused-ring (bicyclic) bond motifs is 1. The van der Waals surface area contributed by atoms with Gasteiger partial charge in [-0.25, -0.2) is 4.98 Å². The van der Waals surface area contributed by atoms with E-state index in [1.165, 1.54) is 11.8 Å². The van der Waals surface area contributed by atoms with E-state index in [4.69, 9.17) is 11.6 Å². The number of carbonyl (C=O) groups excluding carboxylic acids is 1. The molecule has 3 nitrogen and oxygen atoms in total. The Morgan fingerprint density at radius 3 is 3.00 bits per heavy atom. The fraction of sp³-hybridized carbons (Fsp3) is 0.111. The van der Waals surface area contributed by atoms with Crippen molar-refractivity contribution in [2.75, 3.05) is 6.26 Å². The van der Waals surface area contributed by atoms with Gasteiger partial charge in [0.2, 0.25) is 0 Å². The largest absolute Gasteiger partial charge is 0.345 e. The minimum Gasteiger partial charge on any atom is -0.345 e. The Labute approximate surface area is 89.9 Å². The molecular formula is C9H7ClN2OS. The van der Waals surface area contributed by atoms with Crippen molar-refractivity contribution >= 4 is 39.6 Å². The van der Waals surface area contributed by atoms with Crippen molar-refractivity contribution in [2.24, 2.45) is 0 Å². The highest BCUT2D eigenvalue weighted by atomic mass is 35.5. The highest BCUT2D eigenvalue weighted by Crippen LogP contribution is 2.26. The van der Waals surface area contributed by atoms with Gasteiger partial charge in [0, 0.05) is 10.5 Å². The lowest BCUT2D eigenvalue weighted by Crippen LogP contribution is -1.92. The molecule has 0 aliphatic rings. The maximum atomic E-state index is 11.1. The molecule has 0 aliphatic heterocycles. The van der Waals surface area contributed by atoms with E-state index in [-0.39, 0.29) is 0 Å². The molecule has 1 N–H and O–H groups in total. The summed E-state index contributed by atoms with van der Waals surface area (Å²) in [6.45, 7) is 0. The van der Waals surface area contributed by atoms with Crippen LogP contribution in [0.25, 0.3) is 11.0 Å². The van der Waals surface area contributed by atoms with E-state index in [1.54, 1.807) is 12.4 Å². The zero-order valence-electron chi connectivity index (χ0n) is 7.37. The van der Waals surface area contributed by atoms with Crippen LogP contribution in [0, 0.1) is 0 Å². The van der Waals surface area contributed by atoms with Gasteiger partial charge in [-0.2, -0.15) is 0 Å². The lowest BCUT2D eigenvalue weighted by Gasteiger charge is -2.01. The summed E-state index contributed by atoms with van der Waals surface area (Å²) in [5.41, 5.74) is 2.19. The highest BCUT2D eigenvalue weighted by Gasteiger charge is 2.10. The number of nitrogens with zero attached hydrogens (tertiary/aromatic N) is 1.